The topological polar surface area (TPSA) is 55.1 Å². The van der Waals surface area contributed by atoms with Gasteiger partial charge in [-0.05, 0) is 20.3 Å². The van der Waals surface area contributed by atoms with Crippen LogP contribution in [0.3, 0.4) is 0 Å². The molecule has 0 saturated carbocycles. The first-order chi connectivity index (χ1) is 6.75. The number of carbonyl (C=O) groups is 1. The maximum atomic E-state index is 11.5. The number of hydrogen-bond acceptors (Lipinski definition) is 3. The molecule has 0 unspecified atom stereocenters. The average molecular weight is 194 g/mol. The minimum absolute atomic E-state index is 0.131. The third-order valence-corrected chi connectivity index (χ3v) is 1.83. The third-order valence-electron chi connectivity index (χ3n) is 1.83. The highest BCUT2D eigenvalue weighted by Crippen LogP contribution is 2.04. The van der Waals surface area contributed by atoms with Gasteiger partial charge in [0.05, 0.1) is 6.20 Å². The number of nitrogens with zero attached hydrogens (tertiary/aromatic N) is 1. The Balaban J connectivity index is 2.40. The van der Waals surface area contributed by atoms with E-state index in [2.05, 4.69) is 10.5 Å². The molecule has 4 heteroatoms. The minimum Gasteiger partial charge on any atom is -0.361 e. The van der Waals surface area contributed by atoms with Crippen LogP contribution in [0.4, 0.5) is 0 Å². The van der Waals surface area contributed by atoms with Gasteiger partial charge in [0.25, 0.3) is 5.91 Å². The van der Waals surface area contributed by atoms with Crippen LogP contribution in [0.25, 0.3) is 0 Å². The Hall–Kier alpha value is -1.58. The van der Waals surface area contributed by atoms with Crippen LogP contribution in [0, 0.1) is 6.92 Å². The zero-order valence-corrected chi connectivity index (χ0v) is 8.41. The lowest BCUT2D eigenvalue weighted by atomic mass is 10.2. The summed E-state index contributed by atoms with van der Waals surface area (Å²) >= 11 is 0. The Labute approximate surface area is 83.0 Å². The molecule has 0 saturated heterocycles. The van der Waals surface area contributed by atoms with Crippen LogP contribution in [0.1, 0.15) is 29.5 Å². The molecule has 1 rings (SSSR count). The van der Waals surface area contributed by atoms with Crippen molar-refractivity contribution in [1.82, 2.24) is 10.5 Å². The summed E-state index contributed by atoms with van der Waals surface area (Å²) in [5.74, 6) is 0.418. The van der Waals surface area contributed by atoms with Crippen molar-refractivity contribution in [1.29, 1.82) is 0 Å². The standard InChI is InChI=1S/C10H14N2O2/c1-3-4-5-6-11-10(13)9-7-12-14-8(9)2/h3-4,7H,5-6H2,1-2H3,(H,11,13)/b4-3+. The maximum absolute atomic E-state index is 11.5. The lowest BCUT2D eigenvalue weighted by Gasteiger charge is -2.00. The van der Waals surface area contributed by atoms with Crippen LogP contribution in [-0.4, -0.2) is 17.6 Å². The largest absolute Gasteiger partial charge is 0.361 e. The van der Waals surface area contributed by atoms with E-state index in [1.807, 2.05) is 19.1 Å². The van der Waals surface area contributed by atoms with E-state index >= 15 is 0 Å². The Morgan fingerprint density at radius 1 is 1.71 bits per heavy atom. The zero-order chi connectivity index (χ0) is 10.4. The highest BCUT2D eigenvalue weighted by Gasteiger charge is 2.11. The van der Waals surface area contributed by atoms with Crippen LogP contribution in [0.2, 0.25) is 0 Å². The molecule has 0 fully saturated rings. The van der Waals surface area contributed by atoms with E-state index in [9.17, 15) is 4.79 Å². The van der Waals surface area contributed by atoms with E-state index in [0.29, 0.717) is 17.9 Å². The van der Waals surface area contributed by atoms with Gasteiger partial charge in [0.1, 0.15) is 11.3 Å². The predicted molar refractivity (Wildman–Crippen MR) is 53.0 cm³/mol. The third kappa shape index (κ3) is 2.73. The van der Waals surface area contributed by atoms with E-state index < -0.39 is 0 Å². The summed E-state index contributed by atoms with van der Waals surface area (Å²) in [5, 5.41) is 6.31. The first-order valence-corrected chi connectivity index (χ1v) is 4.56. The molecular formula is C10H14N2O2. The number of aryl methyl sites for hydroxylation is 1. The Morgan fingerprint density at radius 3 is 3.07 bits per heavy atom. The molecule has 0 aliphatic heterocycles. The fourth-order valence-corrected chi connectivity index (χ4v) is 1.05. The summed E-state index contributed by atoms with van der Waals surface area (Å²) in [5.41, 5.74) is 0.505. The van der Waals surface area contributed by atoms with Crippen molar-refractivity contribution in [2.75, 3.05) is 6.54 Å². The first kappa shape index (κ1) is 10.5. The number of rotatable bonds is 4. The smallest absolute Gasteiger partial charge is 0.256 e. The van der Waals surface area contributed by atoms with Gasteiger partial charge in [0, 0.05) is 6.54 Å². The molecule has 0 atom stereocenters. The van der Waals surface area contributed by atoms with E-state index in [0.717, 1.165) is 6.42 Å². The molecule has 0 radical (unpaired) electrons. The van der Waals surface area contributed by atoms with Gasteiger partial charge in [-0.2, -0.15) is 0 Å². The normalized spacial score (nSPS) is 10.7. The zero-order valence-electron chi connectivity index (χ0n) is 8.41. The highest BCUT2D eigenvalue weighted by molar-refractivity contribution is 5.94. The SMILES string of the molecule is C/C=C/CCNC(=O)c1cnoc1C. The monoisotopic (exact) mass is 194 g/mol. The van der Waals surface area contributed by atoms with Gasteiger partial charge in [0.15, 0.2) is 0 Å². The number of aromatic nitrogens is 1. The number of carbonyl (C=O) groups excluding carboxylic acids is 1. The summed E-state index contributed by atoms with van der Waals surface area (Å²) in [4.78, 5) is 11.5. The second kappa shape index (κ2) is 5.21. The number of hydrogen-bond donors (Lipinski definition) is 1. The van der Waals surface area contributed by atoms with Crippen LogP contribution < -0.4 is 5.32 Å². The van der Waals surface area contributed by atoms with Gasteiger partial charge in [-0.1, -0.05) is 17.3 Å². The molecule has 0 spiro atoms. The Bertz CT molecular complexity index is 329. The summed E-state index contributed by atoms with van der Waals surface area (Å²) in [6.07, 6.45) is 6.23. The fourth-order valence-electron chi connectivity index (χ4n) is 1.05. The number of amides is 1. The first-order valence-electron chi connectivity index (χ1n) is 4.56. The van der Waals surface area contributed by atoms with E-state index in [1.54, 1.807) is 6.92 Å². The maximum Gasteiger partial charge on any atom is 0.256 e. The van der Waals surface area contributed by atoms with Crippen LogP contribution >= 0.6 is 0 Å². The van der Waals surface area contributed by atoms with Crippen molar-refractivity contribution < 1.29 is 9.32 Å². The van der Waals surface area contributed by atoms with Crippen molar-refractivity contribution in [3.8, 4) is 0 Å². The van der Waals surface area contributed by atoms with Crippen molar-refractivity contribution >= 4 is 5.91 Å². The van der Waals surface area contributed by atoms with Gasteiger partial charge in [-0.15, -0.1) is 0 Å². The molecule has 0 bridgehead atoms. The van der Waals surface area contributed by atoms with Crippen LogP contribution in [0.5, 0.6) is 0 Å². The van der Waals surface area contributed by atoms with Crippen molar-refractivity contribution in [3.05, 3.63) is 29.7 Å². The van der Waals surface area contributed by atoms with Gasteiger partial charge >= 0.3 is 0 Å². The molecule has 0 aromatic carbocycles. The summed E-state index contributed by atoms with van der Waals surface area (Å²) < 4.78 is 4.79. The lowest BCUT2D eigenvalue weighted by molar-refractivity contribution is 0.0953. The molecule has 4 nitrogen and oxygen atoms in total. The molecule has 76 valence electrons. The molecular weight excluding hydrogens is 180 g/mol. The fraction of sp³-hybridized carbons (Fsp3) is 0.400. The number of allylic oxidation sites excluding steroid dienone is 1. The Kier molecular flexibility index (Phi) is 3.91. The molecule has 1 N–H and O–H groups in total. The summed E-state index contributed by atoms with van der Waals surface area (Å²) in [6, 6.07) is 0. The molecule has 1 amide bonds. The quantitative estimate of drug-likeness (QED) is 0.586. The van der Waals surface area contributed by atoms with E-state index in [-0.39, 0.29) is 5.91 Å². The number of nitrogens with one attached hydrogen (secondary N) is 1. The molecule has 1 aromatic rings. The van der Waals surface area contributed by atoms with Crippen molar-refractivity contribution in [2.45, 2.75) is 20.3 Å². The molecule has 0 aliphatic rings. The predicted octanol–water partition coefficient (Wildman–Crippen LogP) is 1.68. The van der Waals surface area contributed by atoms with Gasteiger partial charge < -0.3 is 9.84 Å². The van der Waals surface area contributed by atoms with Gasteiger partial charge in [-0.25, -0.2) is 0 Å². The highest BCUT2D eigenvalue weighted by atomic mass is 16.5. The van der Waals surface area contributed by atoms with Crippen molar-refractivity contribution in [2.24, 2.45) is 0 Å². The van der Waals surface area contributed by atoms with Crippen LogP contribution in [0.15, 0.2) is 22.9 Å². The lowest BCUT2D eigenvalue weighted by Crippen LogP contribution is -2.24. The second-order valence-electron chi connectivity index (χ2n) is 2.91. The second-order valence-corrected chi connectivity index (χ2v) is 2.91. The molecule has 0 aliphatic carbocycles. The van der Waals surface area contributed by atoms with Gasteiger partial charge in [0.2, 0.25) is 0 Å². The van der Waals surface area contributed by atoms with E-state index in [4.69, 9.17) is 4.52 Å². The van der Waals surface area contributed by atoms with Crippen molar-refractivity contribution in [3.63, 3.8) is 0 Å². The Morgan fingerprint density at radius 2 is 2.50 bits per heavy atom. The summed E-state index contributed by atoms with van der Waals surface area (Å²) in [6.45, 7) is 4.30. The average Bonchev–Trinajstić information content (AvgIpc) is 2.59. The molecule has 1 heterocycles. The van der Waals surface area contributed by atoms with Gasteiger partial charge in [-0.3, -0.25) is 4.79 Å². The minimum atomic E-state index is -0.131. The molecule has 14 heavy (non-hydrogen) atoms. The van der Waals surface area contributed by atoms with Crippen LogP contribution in [-0.2, 0) is 0 Å². The van der Waals surface area contributed by atoms with E-state index in [1.165, 1.54) is 6.20 Å². The summed E-state index contributed by atoms with van der Waals surface area (Å²) in [7, 11) is 0. The molecule has 1 aromatic heterocycles.